The summed E-state index contributed by atoms with van der Waals surface area (Å²) in [5, 5.41) is 22.0. The number of carbonyl (C=O) groups excluding carboxylic acids is 4. The van der Waals surface area contributed by atoms with Crippen molar-refractivity contribution in [3.63, 3.8) is 0 Å². The van der Waals surface area contributed by atoms with Crippen LogP contribution in [0.25, 0.3) is 0 Å². The van der Waals surface area contributed by atoms with Crippen LogP contribution in [0.3, 0.4) is 0 Å². The van der Waals surface area contributed by atoms with Gasteiger partial charge >= 0.3 is 17.6 Å². The molecule has 1 aromatic heterocycles. The van der Waals surface area contributed by atoms with Gasteiger partial charge in [0.05, 0.1) is 37.4 Å². The van der Waals surface area contributed by atoms with Crippen LogP contribution in [0.4, 0.5) is 13.2 Å². The highest BCUT2D eigenvalue weighted by Gasteiger charge is 2.80. The number of Topliss-reactive ketones (excluding diaryl/α,β-unsaturated/α-hetero) is 1. The molecule has 4 aliphatic carbocycles. The summed E-state index contributed by atoms with van der Waals surface area (Å²) in [6.07, 6.45) is -5.06. The number of ether oxygens (including phenoxy) is 5. The van der Waals surface area contributed by atoms with Gasteiger partial charge in [0.2, 0.25) is 11.6 Å². The van der Waals surface area contributed by atoms with E-state index < -0.39 is 143 Å². The molecule has 18 heteroatoms. The number of alkyl halides is 1. The maximum absolute atomic E-state index is 17.6. The van der Waals surface area contributed by atoms with E-state index in [1.54, 1.807) is 25.8 Å². The Morgan fingerprint density at radius 1 is 1.02 bits per heavy atom. The second-order valence-electron chi connectivity index (χ2n) is 16.3. The molecule has 3 N–H and O–H groups in total. The molecule has 7 unspecified atom stereocenters. The van der Waals surface area contributed by atoms with Crippen LogP contribution in [0.1, 0.15) is 78.9 Å². The van der Waals surface area contributed by atoms with Gasteiger partial charge in [-0.05, 0) is 51.2 Å². The number of allylic oxidation sites excluding steroid dienone is 4. The van der Waals surface area contributed by atoms with Crippen LogP contribution in [-0.4, -0.2) is 98.0 Å². The summed E-state index contributed by atoms with van der Waals surface area (Å²) in [4.78, 5) is 76.9. The molecule has 1 aromatic rings. The Hall–Kier alpha value is -3.97. The average Bonchev–Trinajstić information content (AvgIpc) is 3.70. The van der Waals surface area contributed by atoms with E-state index in [4.69, 9.17) is 23.7 Å². The van der Waals surface area contributed by atoms with Gasteiger partial charge in [0.15, 0.2) is 29.4 Å². The van der Waals surface area contributed by atoms with E-state index in [1.165, 1.54) is 19.1 Å². The van der Waals surface area contributed by atoms with Crippen LogP contribution in [0.5, 0.6) is 0 Å². The van der Waals surface area contributed by atoms with Crippen molar-refractivity contribution >= 4 is 23.5 Å². The van der Waals surface area contributed by atoms with E-state index in [1.807, 2.05) is 0 Å². The molecule has 2 saturated carbocycles. The van der Waals surface area contributed by atoms with Gasteiger partial charge in [0, 0.05) is 36.0 Å². The Bertz CT molecular complexity index is 2010. The number of aromatic nitrogens is 2. The summed E-state index contributed by atoms with van der Waals surface area (Å²) >= 11 is 0. The van der Waals surface area contributed by atoms with Crippen molar-refractivity contribution in [2.45, 2.75) is 120 Å². The normalized spacial score (nSPS) is 39.9. The SMILES string of the molecule is CC1(C)O[C@@H]2CC3C4CC(F)=C5CC(=O)C=CC5(C)[C@@]4(F)[C@@H](O)CC3(C)[C@]2(C(=O)COC(=O)CCC(=O)OCC2OC(n3cc(F)c(=O)[nH]c3=O)CC2O)O1. The number of nitrogens with zero attached hydrogens (tertiary/aromatic N) is 1. The molecule has 0 amide bonds. The monoisotopic (exact) mass is 780 g/mol. The molecule has 300 valence electrons. The fraction of sp³-hybridized carbons (Fsp3) is 0.676. The van der Waals surface area contributed by atoms with Crippen molar-refractivity contribution in [3.05, 3.63) is 56.4 Å². The third-order valence-electron chi connectivity index (χ3n) is 12.8. The molecule has 2 saturated heterocycles. The lowest BCUT2D eigenvalue weighted by Gasteiger charge is -2.62. The molecule has 3 heterocycles. The minimum Gasteiger partial charge on any atom is -0.463 e. The highest BCUT2D eigenvalue weighted by molar-refractivity contribution is 5.94. The Morgan fingerprint density at radius 3 is 2.42 bits per heavy atom. The van der Waals surface area contributed by atoms with Crippen molar-refractivity contribution in [2.24, 2.45) is 22.7 Å². The zero-order valence-electron chi connectivity index (χ0n) is 30.6. The molecule has 0 spiro atoms. The number of aliphatic hydroxyl groups excluding tert-OH is 2. The van der Waals surface area contributed by atoms with Crippen LogP contribution in [0, 0.1) is 28.5 Å². The van der Waals surface area contributed by atoms with Gasteiger partial charge in [-0.25, -0.2) is 13.6 Å². The molecule has 55 heavy (non-hydrogen) atoms. The fourth-order valence-electron chi connectivity index (χ4n) is 10.3. The second-order valence-corrected chi connectivity index (χ2v) is 16.3. The number of aliphatic hydroxyl groups is 2. The standard InChI is InChI=1S/C37H43F3N2O13/c1-33(2)54-27-11-18-19-10-21(38)20-9-17(43)7-8-34(20,3)36(19,40)25(45)13-35(18,4)37(27,55-33)26(46)16-52-30(48)6-5-29(47)51-15-24-23(44)12-28(53-24)42-14-22(39)31(49)41-32(42)50/h7-8,14,18-19,23-25,27-28,44-45H,5-6,9-13,15-16H2,1-4H3,(H,41,49,50)/t18?,19?,23?,24?,25-,27+,28?,34?,35?,36-,37+/m0/s1. The highest BCUT2D eigenvalue weighted by atomic mass is 19.1. The first-order valence-corrected chi connectivity index (χ1v) is 18.2. The number of aromatic amines is 1. The summed E-state index contributed by atoms with van der Waals surface area (Å²) in [5.41, 5.74) is -9.31. The molecule has 11 atom stereocenters. The molecule has 0 aromatic carbocycles. The van der Waals surface area contributed by atoms with Crippen LogP contribution in [0.15, 0.2) is 39.3 Å². The maximum Gasteiger partial charge on any atom is 0.330 e. The van der Waals surface area contributed by atoms with E-state index in [0.717, 1.165) is 4.57 Å². The topological polar surface area (TPSA) is 210 Å². The van der Waals surface area contributed by atoms with Crippen molar-refractivity contribution in [1.29, 1.82) is 0 Å². The van der Waals surface area contributed by atoms with Gasteiger partial charge < -0.3 is 33.9 Å². The largest absolute Gasteiger partial charge is 0.463 e. The van der Waals surface area contributed by atoms with Crippen molar-refractivity contribution in [2.75, 3.05) is 13.2 Å². The molecular formula is C37H43F3N2O13. The maximum atomic E-state index is 17.6. The third kappa shape index (κ3) is 5.97. The van der Waals surface area contributed by atoms with Gasteiger partial charge in [0.1, 0.15) is 24.8 Å². The van der Waals surface area contributed by atoms with Crippen LogP contribution in [-0.2, 0) is 42.9 Å². The minimum atomic E-state index is -2.38. The van der Waals surface area contributed by atoms with E-state index in [9.17, 15) is 43.4 Å². The molecule has 4 fully saturated rings. The summed E-state index contributed by atoms with van der Waals surface area (Å²) in [6, 6.07) is 0. The van der Waals surface area contributed by atoms with Gasteiger partial charge in [-0.3, -0.25) is 33.5 Å². The average molecular weight is 781 g/mol. The second kappa shape index (κ2) is 13.3. The molecule has 0 bridgehead atoms. The van der Waals surface area contributed by atoms with Gasteiger partial charge in [-0.15, -0.1) is 0 Å². The number of rotatable bonds is 9. The predicted molar refractivity (Wildman–Crippen MR) is 179 cm³/mol. The number of ketones is 2. The zero-order valence-corrected chi connectivity index (χ0v) is 30.6. The third-order valence-corrected chi connectivity index (χ3v) is 12.8. The lowest BCUT2D eigenvalue weighted by molar-refractivity contribution is -0.244. The van der Waals surface area contributed by atoms with E-state index in [2.05, 4.69) is 0 Å². The first-order chi connectivity index (χ1) is 25.7. The summed E-state index contributed by atoms with van der Waals surface area (Å²) in [7, 11) is 0. The van der Waals surface area contributed by atoms with Crippen molar-refractivity contribution < 1.29 is 66.2 Å². The van der Waals surface area contributed by atoms with Crippen molar-refractivity contribution in [1.82, 2.24) is 9.55 Å². The summed E-state index contributed by atoms with van der Waals surface area (Å²) < 4.78 is 76.4. The first-order valence-electron chi connectivity index (χ1n) is 18.2. The fourth-order valence-corrected chi connectivity index (χ4v) is 10.3. The number of H-pyrrole nitrogens is 1. The zero-order chi connectivity index (χ0) is 40.0. The Labute approximate surface area is 311 Å². The summed E-state index contributed by atoms with van der Waals surface area (Å²) in [6.45, 7) is 5.04. The predicted octanol–water partition coefficient (Wildman–Crippen LogP) is 1.93. The number of esters is 2. The van der Waals surface area contributed by atoms with E-state index >= 15 is 8.78 Å². The number of halogens is 3. The van der Waals surface area contributed by atoms with Gasteiger partial charge in [0.25, 0.3) is 5.56 Å². The minimum absolute atomic E-state index is 0.00589. The lowest BCUT2D eigenvalue weighted by atomic mass is 9.45. The van der Waals surface area contributed by atoms with Gasteiger partial charge in [-0.2, -0.15) is 4.39 Å². The molecule has 15 nitrogen and oxygen atoms in total. The highest BCUT2D eigenvalue weighted by Crippen LogP contribution is 2.72. The Balaban J connectivity index is 0.989. The molecule has 6 aliphatic rings. The quantitative estimate of drug-likeness (QED) is 0.307. The Kier molecular flexibility index (Phi) is 9.51. The van der Waals surface area contributed by atoms with Crippen LogP contribution >= 0.6 is 0 Å². The number of carbonyl (C=O) groups is 4. The number of nitrogens with one attached hydrogen (secondary N) is 1. The van der Waals surface area contributed by atoms with Crippen LogP contribution in [0.2, 0.25) is 0 Å². The molecule has 0 radical (unpaired) electrons. The number of fused-ring (bicyclic) bond motifs is 7. The van der Waals surface area contributed by atoms with E-state index in [0.29, 0.717) is 6.20 Å². The molecule has 7 rings (SSSR count). The number of hydrogen-bond donors (Lipinski definition) is 3. The van der Waals surface area contributed by atoms with E-state index in [-0.39, 0.29) is 37.0 Å². The Morgan fingerprint density at radius 2 is 1.71 bits per heavy atom. The first kappa shape index (κ1) is 39.3. The number of hydrogen-bond acceptors (Lipinski definition) is 13. The molecular weight excluding hydrogens is 737 g/mol. The van der Waals surface area contributed by atoms with Gasteiger partial charge in [-0.1, -0.05) is 13.0 Å². The van der Waals surface area contributed by atoms with Crippen LogP contribution < -0.4 is 11.2 Å². The molecule has 2 aliphatic heterocycles. The summed E-state index contributed by atoms with van der Waals surface area (Å²) in [5.74, 6) is -7.94. The lowest BCUT2D eigenvalue weighted by Crippen LogP contribution is -2.70. The smallest absolute Gasteiger partial charge is 0.330 e. The van der Waals surface area contributed by atoms with Crippen molar-refractivity contribution in [3.8, 4) is 0 Å².